The van der Waals surface area contributed by atoms with Crippen LogP contribution in [0.15, 0.2) is 16.1 Å². The largest absolute Gasteiger partial charge is 0.481 e. The zero-order valence-corrected chi connectivity index (χ0v) is 12.1. The van der Waals surface area contributed by atoms with Gasteiger partial charge in [-0.15, -0.1) is 0 Å². The SMILES string of the molecule is O=C(O)[C@@H]1CCCN(C(=O)c2cnc3n(c2=O)CCS3)C1. The average molecular weight is 309 g/mol. The van der Waals surface area contributed by atoms with Crippen LogP contribution in [0.4, 0.5) is 0 Å². The zero-order chi connectivity index (χ0) is 15.0. The number of fused-ring (bicyclic) bond motifs is 1. The molecule has 0 saturated carbocycles. The van der Waals surface area contributed by atoms with Crippen LogP contribution >= 0.6 is 11.8 Å². The van der Waals surface area contributed by atoms with Gasteiger partial charge in [-0.3, -0.25) is 19.0 Å². The summed E-state index contributed by atoms with van der Waals surface area (Å²) in [6, 6.07) is 0. The van der Waals surface area contributed by atoms with Gasteiger partial charge in [0.15, 0.2) is 5.16 Å². The third-order valence-corrected chi connectivity index (χ3v) is 4.82. The van der Waals surface area contributed by atoms with Gasteiger partial charge in [0.25, 0.3) is 11.5 Å². The molecule has 3 heterocycles. The summed E-state index contributed by atoms with van der Waals surface area (Å²) in [4.78, 5) is 41.4. The fourth-order valence-electron chi connectivity index (χ4n) is 2.70. The topological polar surface area (TPSA) is 92.5 Å². The molecule has 7 nitrogen and oxygen atoms in total. The van der Waals surface area contributed by atoms with Crippen LogP contribution in [-0.4, -0.2) is 50.3 Å². The molecule has 0 aromatic carbocycles. The van der Waals surface area contributed by atoms with E-state index in [1.54, 1.807) is 0 Å². The lowest BCUT2D eigenvalue weighted by Crippen LogP contribution is -2.44. The lowest BCUT2D eigenvalue weighted by atomic mass is 9.98. The Balaban J connectivity index is 1.86. The minimum absolute atomic E-state index is 0.0345. The number of piperidine rings is 1. The number of hydrogen-bond acceptors (Lipinski definition) is 5. The maximum absolute atomic E-state index is 12.5. The Morgan fingerprint density at radius 1 is 1.38 bits per heavy atom. The third-order valence-electron chi connectivity index (χ3n) is 3.84. The summed E-state index contributed by atoms with van der Waals surface area (Å²) >= 11 is 1.49. The van der Waals surface area contributed by atoms with Crippen LogP contribution in [0.5, 0.6) is 0 Å². The lowest BCUT2D eigenvalue weighted by Gasteiger charge is -2.30. The van der Waals surface area contributed by atoms with Gasteiger partial charge in [0.2, 0.25) is 0 Å². The number of amides is 1. The fourth-order valence-corrected chi connectivity index (χ4v) is 3.61. The minimum atomic E-state index is -0.896. The Morgan fingerprint density at radius 2 is 2.19 bits per heavy atom. The van der Waals surface area contributed by atoms with Crippen molar-refractivity contribution in [3.63, 3.8) is 0 Å². The number of carboxylic acid groups (broad SMARTS) is 1. The number of carboxylic acids is 1. The van der Waals surface area contributed by atoms with E-state index in [1.807, 2.05) is 0 Å². The summed E-state index contributed by atoms with van der Waals surface area (Å²) in [6.07, 6.45) is 2.52. The van der Waals surface area contributed by atoms with Crippen molar-refractivity contribution in [2.45, 2.75) is 24.5 Å². The molecule has 21 heavy (non-hydrogen) atoms. The van der Waals surface area contributed by atoms with E-state index in [-0.39, 0.29) is 17.7 Å². The van der Waals surface area contributed by atoms with Gasteiger partial charge in [-0.2, -0.15) is 0 Å². The van der Waals surface area contributed by atoms with Gasteiger partial charge >= 0.3 is 5.97 Å². The Kier molecular flexibility index (Phi) is 3.71. The molecule has 1 saturated heterocycles. The molecule has 0 unspecified atom stereocenters. The van der Waals surface area contributed by atoms with Gasteiger partial charge in [-0.25, -0.2) is 4.98 Å². The molecule has 0 spiro atoms. The Hall–Kier alpha value is -1.83. The van der Waals surface area contributed by atoms with Crippen molar-refractivity contribution in [2.24, 2.45) is 5.92 Å². The van der Waals surface area contributed by atoms with E-state index in [1.165, 1.54) is 27.4 Å². The van der Waals surface area contributed by atoms with Gasteiger partial charge in [0.05, 0.1) is 5.92 Å². The first-order valence-corrected chi connectivity index (χ1v) is 7.81. The number of aliphatic carboxylic acids is 1. The third kappa shape index (κ3) is 2.55. The van der Waals surface area contributed by atoms with Gasteiger partial charge in [0, 0.05) is 31.6 Å². The van der Waals surface area contributed by atoms with Gasteiger partial charge in [-0.05, 0) is 12.8 Å². The van der Waals surface area contributed by atoms with Crippen molar-refractivity contribution < 1.29 is 14.7 Å². The van der Waals surface area contributed by atoms with E-state index >= 15 is 0 Å². The van der Waals surface area contributed by atoms with E-state index in [2.05, 4.69) is 4.98 Å². The van der Waals surface area contributed by atoms with Crippen LogP contribution in [-0.2, 0) is 11.3 Å². The molecule has 1 amide bonds. The summed E-state index contributed by atoms with van der Waals surface area (Å²) in [6.45, 7) is 1.20. The smallest absolute Gasteiger partial charge is 0.308 e. The van der Waals surface area contributed by atoms with Crippen LogP contribution in [0.1, 0.15) is 23.2 Å². The van der Waals surface area contributed by atoms with Crippen LogP contribution < -0.4 is 5.56 Å². The van der Waals surface area contributed by atoms with E-state index < -0.39 is 17.8 Å². The first kappa shape index (κ1) is 14.1. The van der Waals surface area contributed by atoms with Crippen LogP contribution in [0.3, 0.4) is 0 Å². The van der Waals surface area contributed by atoms with Crippen molar-refractivity contribution in [1.82, 2.24) is 14.5 Å². The second kappa shape index (κ2) is 5.51. The molecular formula is C13H15N3O4S. The number of carbonyl (C=O) groups excluding carboxylic acids is 1. The Morgan fingerprint density at radius 3 is 2.95 bits per heavy atom. The summed E-state index contributed by atoms with van der Waals surface area (Å²) < 4.78 is 1.51. The molecule has 2 aliphatic rings. The maximum Gasteiger partial charge on any atom is 0.308 e. The molecule has 1 N–H and O–H groups in total. The molecule has 1 aromatic rings. The predicted octanol–water partition coefficient (Wildman–Crippen LogP) is 0.286. The average Bonchev–Trinajstić information content (AvgIpc) is 2.96. The van der Waals surface area contributed by atoms with E-state index in [9.17, 15) is 14.4 Å². The molecule has 0 bridgehead atoms. The highest BCUT2D eigenvalue weighted by molar-refractivity contribution is 7.99. The predicted molar refractivity (Wildman–Crippen MR) is 75.5 cm³/mol. The molecule has 1 aromatic heterocycles. The molecule has 1 atom stereocenters. The summed E-state index contributed by atoms with van der Waals surface area (Å²) in [7, 11) is 0. The highest BCUT2D eigenvalue weighted by atomic mass is 32.2. The van der Waals surface area contributed by atoms with E-state index in [0.717, 1.165) is 5.75 Å². The number of carbonyl (C=O) groups is 2. The standard InChI is InChI=1S/C13H15N3O4S/c17-10(15-3-1-2-8(7-15)12(19)20)9-6-14-13-16(11(9)18)4-5-21-13/h6,8H,1-5,7H2,(H,19,20)/t8-/m1/s1. The number of aromatic nitrogens is 2. The van der Waals surface area contributed by atoms with Crippen LogP contribution in [0.2, 0.25) is 0 Å². The number of hydrogen-bond donors (Lipinski definition) is 1. The highest BCUT2D eigenvalue weighted by Crippen LogP contribution is 2.22. The quantitative estimate of drug-likeness (QED) is 0.789. The molecule has 112 valence electrons. The summed E-state index contributed by atoms with van der Waals surface area (Å²) in [5.41, 5.74) is -0.292. The van der Waals surface area contributed by atoms with Gasteiger partial charge in [0.1, 0.15) is 5.56 Å². The number of thioether (sulfide) groups is 1. The fraction of sp³-hybridized carbons (Fsp3) is 0.538. The number of likely N-dealkylation sites (tertiary alicyclic amines) is 1. The monoisotopic (exact) mass is 309 g/mol. The second-order valence-corrected chi connectivity index (χ2v) is 6.25. The van der Waals surface area contributed by atoms with E-state index in [4.69, 9.17) is 5.11 Å². The minimum Gasteiger partial charge on any atom is -0.481 e. The normalized spacial score (nSPS) is 21.1. The molecule has 0 aliphatic carbocycles. The Labute approximate surface area is 125 Å². The first-order chi connectivity index (χ1) is 10.1. The van der Waals surface area contributed by atoms with Crippen molar-refractivity contribution in [3.8, 4) is 0 Å². The van der Waals surface area contributed by atoms with Crippen LogP contribution in [0, 0.1) is 5.92 Å². The molecule has 3 rings (SSSR count). The van der Waals surface area contributed by atoms with Gasteiger partial charge in [-0.1, -0.05) is 11.8 Å². The molecular weight excluding hydrogens is 294 g/mol. The van der Waals surface area contributed by atoms with Crippen molar-refractivity contribution in [3.05, 3.63) is 22.1 Å². The van der Waals surface area contributed by atoms with Gasteiger partial charge < -0.3 is 10.0 Å². The maximum atomic E-state index is 12.5. The summed E-state index contributed by atoms with van der Waals surface area (Å²) in [5.74, 6) is -1.08. The molecule has 0 radical (unpaired) electrons. The molecule has 1 fully saturated rings. The molecule has 8 heteroatoms. The van der Waals surface area contributed by atoms with E-state index in [0.29, 0.717) is 31.1 Å². The zero-order valence-electron chi connectivity index (χ0n) is 11.3. The highest BCUT2D eigenvalue weighted by Gasteiger charge is 2.30. The van der Waals surface area contributed by atoms with Crippen molar-refractivity contribution in [2.75, 3.05) is 18.8 Å². The second-order valence-electron chi connectivity index (χ2n) is 5.19. The first-order valence-electron chi connectivity index (χ1n) is 6.82. The Bertz CT molecular complexity index is 657. The van der Waals surface area contributed by atoms with Crippen molar-refractivity contribution >= 4 is 23.6 Å². The lowest BCUT2D eigenvalue weighted by molar-refractivity contribution is -0.143. The van der Waals surface area contributed by atoms with Crippen molar-refractivity contribution in [1.29, 1.82) is 0 Å². The molecule has 2 aliphatic heterocycles. The van der Waals surface area contributed by atoms with Crippen LogP contribution in [0.25, 0.3) is 0 Å². The number of nitrogens with zero attached hydrogens (tertiary/aromatic N) is 3. The number of rotatable bonds is 2. The summed E-state index contributed by atoms with van der Waals surface area (Å²) in [5, 5.41) is 9.71.